The van der Waals surface area contributed by atoms with Crippen molar-refractivity contribution in [3.8, 4) is 0 Å². The van der Waals surface area contributed by atoms with Crippen LogP contribution >= 0.6 is 0 Å². The Kier molecular flexibility index (Phi) is 4.52. The van der Waals surface area contributed by atoms with Crippen molar-refractivity contribution >= 4 is 22.8 Å². The molecule has 6 heterocycles. The van der Waals surface area contributed by atoms with E-state index in [1.807, 2.05) is 4.90 Å². The maximum absolute atomic E-state index is 12.9. The first-order valence-corrected chi connectivity index (χ1v) is 10.1. The topological polar surface area (TPSA) is 90.7 Å². The van der Waals surface area contributed by atoms with Crippen molar-refractivity contribution in [1.29, 1.82) is 0 Å². The van der Waals surface area contributed by atoms with Gasteiger partial charge in [0.25, 0.3) is 11.8 Å². The molecule has 2 N–H and O–H groups in total. The zero-order chi connectivity index (χ0) is 19.1. The summed E-state index contributed by atoms with van der Waals surface area (Å²) in [5.74, 6) is 0.254. The monoisotopic (exact) mass is 383 g/mol. The van der Waals surface area contributed by atoms with Gasteiger partial charge in [-0.05, 0) is 37.9 Å². The van der Waals surface area contributed by atoms with Crippen LogP contribution in [-0.4, -0.2) is 78.5 Å². The number of piperazine rings is 1. The Balaban J connectivity index is 1.39. The maximum Gasteiger partial charge on any atom is 0.274 e. The van der Waals surface area contributed by atoms with E-state index in [9.17, 15) is 9.59 Å². The fourth-order valence-corrected chi connectivity index (χ4v) is 4.69. The summed E-state index contributed by atoms with van der Waals surface area (Å²) in [6.45, 7) is 6.07. The highest BCUT2D eigenvalue weighted by Crippen LogP contribution is 2.29. The van der Waals surface area contributed by atoms with Crippen LogP contribution in [0.5, 0.6) is 0 Å². The van der Waals surface area contributed by atoms with E-state index in [1.54, 1.807) is 12.3 Å². The van der Waals surface area contributed by atoms with Gasteiger partial charge in [-0.3, -0.25) is 9.59 Å². The fourth-order valence-electron chi connectivity index (χ4n) is 4.69. The molecule has 4 aliphatic heterocycles. The van der Waals surface area contributed by atoms with Crippen LogP contribution < -0.4 is 10.6 Å². The minimum Gasteiger partial charge on any atom is -0.461 e. The summed E-state index contributed by atoms with van der Waals surface area (Å²) in [6, 6.07) is 1.91. The van der Waals surface area contributed by atoms with Gasteiger partial charge in [0.05, 0.1) is 5.56 Å². The zero-order valence-corrected chi connectivity index (χ0v) is 15.8. The number of rotatable bonds is 3. The lowest BCUT2D eigenvalue weighted by Gasteiger charge is -2.44. The Bertz CT molecular complexity index is 896. The van der Waals surface area contributed by atoms with E-state index < -0.39 is 0 Å². The summed E-state index contributed by atoms with van der Waals surface area (Å²) in [7, 11) is 0. The molecule has 4 saturated heterocycles. The normalized spacial score (nSPS) is 27.1. The first kappa shape index (κ1) is 17.6. The highest BCUT2D eigenvalue weighted by Gasteiger charge is 2.35. The SMILES string of the molecule is O=C(N[C@H]1CN2CCC1CC2)c1nccc2c(C(=O)N3CCNCC3)coc12. The van der Waals surface area contributed by atoms with Gasteiger partial charge < -0.3 is 24.9 Å². The molecule has 4 aliphatic rings. The average molecular weight is 383 g/mol. The molecule has 0 unspecified atom stereocenters. The maximum atomic E-state index is 12.9. The number of hydrogen-bond donors (Lipinski definition) is 2. The standard InChI is InChI=1S/C20H25N5O3/c26-19(23-16-11-24-7-2-13(16)3-8-24)17-18-14(1-4-22-17)15(12-28-18)20(27)25-9-5-21-6-10-25/h1,4,12-13,16,21H,2-3,5-11H2,(H,23,26)/t16-/m0/s1. The minimum atomic E-state index is -0.222. The van der Waals surface area contributed by atoms with Crippen molar-refractivity contribution < 1.29 is 14.0 Å². The lowest BCUT2D eigenvalue weighted by atomic mass is 9.84. The molecule has 0 saturated carbocycles. The molecule has 2 aromatic rings. The molecule has 0 radical (unpaired) electrons. The van der Waals surface area contributed by atoms with Gasteiger partial charge in [-0.1, -0.05) is 0 Å². The number of hydrogen-bond acceptors (Lipinski definition) is 6. The molecule has 148 valence electrons. The van der Waals surface area contributed by atoms with Crippen molar-refractivity contribution in [2.75, 3.05) is 45.8 Å². The molecule has 0 aromatic carbocycles. The largest absolute Gasteiger partial charge is 0.461 e. The predicted molar refractivity (Wildman–Crippen MR) is 103 cm³/mol. The third-order valence-corrected chi connectivity index (χ3v) is 6.31. The van der Waals surface area contributed by atoms with Crippen molar-refractivity contribution in [1.82, 2.24) is 25.4 Å². The predicted octanol–water partition coefficient (Wildman–Crippen LogP) is 0.697. The zero-order valence-electron chi connectivity index (χ0n) is 15.8. The number of pyridine rings is 1. The van der Waals surface area contributed by atoms with Gasteiger partial charge in [-0.2, -0.15) is 0 Å². The highest BCUT2D eigenvalue weighted by molar-refractivity contribution is 6.11. The van der Waals surface area contributed by atoms with Gasteiger partial charge in [0.2, 0.25) is 0 Å². The number of nitrogens with one attached hydrogen (secondary N) is 2. The Morgan fingerprint density at radius 2 is 1.96 bits per heavy atom. The molecule has 0 spiro atoms. The summed E-state index contributed by atoms with van der Waals surface area (Å²) in [5, 5.41) is 7.05. The highest BCUT2D eigenvalue weighted by atomic mass is 16.3. The molecule has 8 nitrogen and oxygen atoms in total. The number of carbonyl (C=O) groups is 2. The van der Waals surface area contributed by atoms with Crippen molar-refractivity contribution in [3.05, 3.63) is 29.8 Å². The number of amides is 2. The van der Waals surface area contributed by atoms with E-state index in [-0.39, 0.29) is 23.6 Å². The van der Waals surface area contributed by atoms with E-state index >= 15 is 0 Å². The molecule has 28 heavy (non-hydrogen) atoms. The van der Waals surface area contributed by atoms with E-state index in [2.05, 4.69) is 20.5 Å². The quantitative estimate of drug-likeness (QED) is 0.811. The first-order valence-electron chi connectivity index (χ1n) is 10.1. The Hall–Kier alpha value is -2.45. The van der Waals surface area contributed by atoms with Crippen LogP contribution in [0, 0.1) is 5.92 Å². The summed E-state index contributed by atoms with van der Waals surface area (Å²) < 4.78 is 5.67. The fraction of sp³-hybridized carbons (Fsp3) is 0.550. The van der Waals surface area contributed by atoms with Crippen LogP contribution in [0.25, 0.3) is 11.0 Å². The van der Waals surface area contributed by atoms with E-state index in [0.29, 0.717) is 35.5 Å². The second-order valence-corrected chi connectivity index (χ2v) is 7.95. The van der Waals surface area contributed by atoms with E-state index in [0.717, 1.165) is 45.6 Å². The van der Waals surface area contributed by atoms with E-state index in [1.165, 1.54) is 6.26 Å². The van der Waals surface area contributed by atoms with Crippen LogP contribution in [0.2, 0.25) is 0 Å². The Morgan fingerprint density at radius 3 is 2.68 bits per heavy atom. The summed E-state index contributed by atoms with van der Waals surface area (Å²) in [4.78, 5) is 34.3. The number of fused-ring (bicyclic) bond motifs is 4. The van der Waals surface area contributed by atoms with Crippen molar-refractivity contribution in [2.45, 2.75) is 18.9 Å². The lowest BCUT2D eigenvalue weighted by Crippen LogP contribution is -2.57. The van der Waals surface area contributed by atoms with Crippen LogP contribution in [0.4, 0.5) is 0 Å². The van der Waals surface area contributed by atoms with Crippen molar-refractivity contribution in [2.24, 2.45) is 5.92 Å². The van der Waals surface area contributed by atoms with Gasteiger partial charge in [-0.15, -0.1) is 0 Å². The molecule has 2 amide bonds. The average Bonchev–Trinajstić information content (AvgIpc) is 3.19. The van der Waals surface area contributed by atoms with Crippen molar-refractivity contribution in [3.63, 3.8) is 0 Å². The molecule has 2 bridgehead atoms. The van der Waals surface area contributed by atoms with Crippen LogP contribution in [-0.2, 0) is 0 Å². The van der Waals surface area contributed by atoms with Gasteiger partial charge >= 0.3 is 0 Å². The van der Waals surface area contributed by atoms with Gasteiger partial charge in [0.15, 0.2) is 11.3 Å². The second kappa shape index (κ2) is 7.18. The lowest BCUT2D eigenvalue weighted by molar-refractivity contribution is 0.0618. The molecule has 4 fully saturated rings. The molecule has 6 rings (SSSR count). The first-order chi connectivity index (χ1) is 13.7. The number of aromatic nitrogens is 1. The summed E-state index contributed by atoms with van der Waals surface area (Å²) in [6.07, 6.45) is 5.30. The van der Waals surface area contributed by atoms with Gasteiger partial charge in [0, 0.05) is 50.3 Å². The number of piperidine rings is 3. The molecule has 0 aliphatic carbocycles. The Morgan fingerprint density at radius 1 is 1.18 bits per heavy atom. The Labute approximate surface area is 163 Å². The second-order valence-electron chi connectivity index (χ2n) is 7.95. The molecular weight excluding hydrogens is 358 g/mol. The third-order valence-electron chi connectivity index (χ3n) is 6.31. The number of carbonyl (C=O) groups excluding carboxylic acids is 2. The van der Waals surface area contributed by atoms with Gasteiger partial charge in [0.1, 0.15) is 6.26 Å². The minimum absolute atomic E-state index is 0.0600. The van der Waals surface area contributed by atoms with Crippen LogP contribution in [0.15, 0.2) is 22.9 Å². The van der Waals surface area contributed by atoms with Gasteiger partial charge in [-0.25, -0.2) is 4.98 Å². The van der Waals surface area contributed by atoms with Crippen LogP contribution in [0.3, 0.4) is 0 Å². The van der Waals surface area contributed by atoms with E-state index in [4.69, 9.17) is 4.42 Å². The summed E-state index contributed by atoms with van der Waals surface area (Å²) in [5.41, 5.74) is 1.14. The van der Waals surface area contributed by atoms with Crippen LogP contribution in [0.1, 0.15) is 33.7 Å². The molecular formula is C20H25N5O3. The number of furan rings is 1. The summed E-state index contributed by atoms with van der Waals surface area (Å²) >= 11 is 0. The molecule has 8 heteroatoms. The number of nitrogens with zero attached hydrogens (tertiary/aromatic N) is 3. The molecule has 1 atom stereocenters. The third kappa shape index (κ3) is 3.06. The molecule has 2 aromatic heterocycles. The smallest absolute Gasteiger partial charge is 0.274 e.